The van der Waals surface area contributed by atoms with Gasteiger partial charge in [-0.15, -0.1) is 23.7 Å². The first-order valence-corrected chi connectivity index (χ1v) is 6.53. The van der Waals surface area contributed by atoms with Gasteiger partial charge in [-0.1, -0.05) is 0 Å². The minimum absolute atomic E-state index is 0. The first-order valence-electron chi connectivity index (χ1n) is 5.65. The van der Waals surface area contributed by atoms with E-state index < -0.39 is 0 Å². The fourth-order valence-corrected chi connectivity index (χ4v) is 3.03. The van der Waals surface area contributed by atoms with Gasteiger partial charge in [-0.25, -0.2) is 0 Å². The molecule has 1 aromatic heterocycles. The van der Waals surface area contributed by atoms with Gasteiger partial charge in [0, 0.05) is 23.6 Å². The molecule has 1 fully saturated rings. The van der Waals surface area contributed by atoms with Gasteiger partial charge >= 0.3 is 0 Å². The number of halogens is 1. The molecule has 2 N–H and O–H groups in total. The van der Waals surface area contributed by atoms with Crippen LogP contribution in [-0.2, 0) is 6.54 Å². The van der Waals surface area contributed by atoms with E-state index in [0.29, 0.717) is 6.61 Å². The smallest absolute Gasteiger partial charge is 0.0448 e. The maximum Gasteiger partial charge on any atom is 0.0448 e. The Labute approximate surface area is 107 Å². The molecule has 1 aromatic rings. The van der Waals surface area contributed by atoms with Crippen molar-refractivity contribution in [2.24, 2.45) is 0 Å². The van der Waals surface area contributed by atoms with E-state index in [4.69, 9.17) is 5.11 Å². The van der Waals surface area contributed by atoms with Crippen molar-refractivity contribution in [3.8, 4) is 0 Å². The largest absolute Gasteiger partial charge is 0.396 e. The Bertz CT molecular complexity index is 323. The molecule has 1 saturated carbocycles. The van der Waals surface area contributed by atoms with Gasteiger partial charge in [0.25, 0.3) is 0 Å². The molecule has 0 atom stereocenters. The molecule has 92 valence electrons. The molecule has 4 heteroatoms. The molecule has 0 saturated heterocycles. The van der Waals surface area contributed by atoms with E-state index in [9.17, 15) is 0 Å². The molecule has 0 bridgehead atoms. The number of thiophene rings is 1. The lowest BCUT2D eigenvalue weighted by Crippen LogP contribution is -2.51. The third-order valence-electron chi connectivity index (χ3n) is 3.49. The van der Waals surface area contributed by atoms with Crippen molar-refractivity contribution in [2.45, 2.75) is 44.7 Å². The van der Waals surface area contributed by atoms with Crippen molar-refractivity contribution in [3.63, 3.8) is 0 Å². The molecule has 0 aliphatic heterocycles. The Hall–Kier alpha value is -0.0900. The Morgan fingerprint density at radius 1 is 1.50 bits per heavy atom. The molecule has 16 heavy (non-hydrogen) atoms. The topological polar surface area (TPSA) is 32.3 Å². The highest BCUT2D eigenvalue weighted by Gasteiger charge is 2.35. The van der Waals surface area contributed by atoms with Crippen LogP contribution in [0.3, 0.4) is 0 Å². The molecule has 0 radical (unpaired) electrons. The Morgan fingerprint density at radius 2 is 2.25 bits per heavy atom. The van der Waals surface area contributed by atoms with Crippen molar-refractivity contribution in [3.05, 3.63) is 21.9 Å². The number of hydrogen-bond acceptors (Lipinski definition) is 3. The van der Waals surface area contributed by atoms with Gasteiger partial charge in [-0.05, 0) is 49.6 Å². The second-order valence-electron chi connectivity index (χ2n) is 4.49. The van der Waals surface area contributed by atoms with Gasteiger partial charge in [0.2, 0.25) is 0 Å². The average molecular weight is 262 g/mol. The first-order chi connectivity index (χ1) is 7.26. The predicted octanol–water partition coefficient (Wildman–Crippen LogP) is 2.87. The van der Waals surface area contributed by atoms with E-state index in [0.717, 1.165) is 13.0 Å². The van der Waals surface area contributed by atoms with E-state index in [1.165, 1.54) is 29.7 Å². The third kappa shape index (κ3) is 2.98. The van der Waals surface area contributed by atoms with Gasteiger partial charge < -0.3 is 10.4 Å². The molecule has 1 heterocycles. The zero-order valence-electron chi connectivity index (χ0n) is 9.66. The van der Waals surface area contributed by atoms with Gasteiger partial charge in [0.15, 0.2) is 0 Å². The van der Waals surface area contributed by atoms with E-state index in [-0.39, 0.29) is 17.9 Å². The van der Waals surface area contributed by atoms with Gasteiger partial charge in [-0.2, -0.15) is 0 Å². The number of nitrogens with one attached hydrogen (secondary N) is 1. The second-order valence-corrected chi connectivity index (χ2v) is 5.49. The van der Waals surface area contributed by atoms with Crippen LogP contribution < -0.4 is 5.32 Å². The van der Waals surface area contributed by atoms with Gasteiger partial charge in [0.05, 0.1) is 0 Å². The summed E-state index contributed by atoms with van der Waals surface area (Å²) in [4.78, 5) is 1.43. The average Bonchev–Trinajstić information content (AvgIpc) is 2.56. The van der Waals surface area contributed by atoms with Gasteiger partial charge in [0.1, 0.15) is 0 Å². The van der Waals surface area contributed by atoms with Crippen LogP contribution in [0, 0.1) is 6.92 Å². The normalized spacial score (nSPS) is 17.6. The molecule has 2 nitrogen and oxygen atoms in total. The summed E-state index contributed by atoms with van der Waals surface area (Å²) in [7, 11) is 0. The van der Waals surface area contributed by atoms with Crippen molar-refractivity contribution < 1.29 is 5.11 Å². The monoisotopic (exact) mass is 261 g/mol. The summed E-state index contributed by atoms with van der Waals surface area (Å²) in [6.07, 6.45) is 4.64. The number of hydrogen-bond donors (Lipinski definition) is 2. The van der Waals surface area contributed by atoms with E-state index in [1.54, 1.807) is 0 Å². The summed E-state index contributed by atoms with van der Waals surface area (Å²) in [5, 5.41) is 14.8. The van der Waals surface area contributed by atoms with E-state index in [1.807, 2.05) is 11.3 Å². The fourth-order valence-electron chi connectivity index (χ4n) is 2.19. The van der Waals surface area contributed by atoms with Crippen LogP contribution in [0.25, 0.3) is 0 Å². The Morgan fingerprint density at radius 3 is 2.69 bits per heavy atom. The second kappa shape index (κ2) is 6.01. The molecule has 2 rings (SSSR count). The summed E-state index contributed by atoms with van der Waals surface area (Å²) in [6, 6.07) is 2.17. The molecule has 1 aliphatic rings. The van der Waals surface area contributed by atoms with Crippen molar-refractivity contribution in [1.82, 2.24) is 5.32 Å². The minimum atomic E-state index is 0. The Balaban J connectivity index is 0.00000128. The highest BCUT2D eigenvalue weighted by atomic mass is 35.5. The van der Waals surface area contributed by atoms with Crippen LogP contribution >= 0.6 is 23.7 Å². The van der Waals surface area contributed by atoms with Crippen molar-refractivity contribution in [1.29, 1.82) is 0 Å². The summed E-state index contributed by atoms with van der Waals surface area (Å²) in [5.41, 5.74) is 1.62. The summed E-state index contributed by atoms with van der Waals surface area (Å²) in [5.74, 6) is 0. The number of aryl methyl sites for hydroxylation is 1. The lowest BCUT2D eigenvalue weighted by Gasteiger charge is -2.42. The molecule has 0 unspecified atom stereocenters. The maximum absolute atomic E-state index is 9.04. The maximum atomic E-state index is 9.04. The highest BCUT2D eigenvalue weighted by Crippen LogP contribution is 2.35. The molecule has 0 spiro atoms. The SMILES string of the molecule is Cc1ccsc1CNC1(CCO)CCC1.Cl. The molecule has 0 amide bonds. The van der Waals surface area contributed by atoms with E-state index in [2.05, 4.69) is 23.7 Å². The summed E-state index contributed by atoms with van der Waals surface area (Å²) >= 11 is 1.82. The highest BCUT2D eigenvalue weighted by molar-refractivity contribution is 7.10. The van der Waals surface area contributed by atoms with Crippen LogP contribution in [0.4, 0.5) is 0 Å². The van der Waals surface area contributed by atoms with Crippen LogP contribution in [0.1, 0.15) is 36.1 Å². The van der Waals surface area contributed by atoms with Crippen molar-refractivity contribution in [2.75, 3.05) is 6.61 Å². The van der Waals surface area contributed by atoms with Crippen LogP contribution in [0.2, 0.25) is 0 Å². The molecule has 1 aliphatic carbocycles. The lowest BCUT2D eigenvalue weighted by molar-refractivity contribution is 0.130. The van der Waals surface area contributed by atoms with E-state index >= 15 is 0 Å². The Kier molecular flexibility index (Phi) is 5.25. The summed E-state index contributed by atoms with van der Waals surface area (Å²) < 4.78 is 0. The van der Waals surface area contributed by atoms with Crippen molar-refractivity contribution >= 4 is 23.7 Å². The molecular formula is C12H20ClNOS. The van der Waals surface area contributed by atoms with Gasteiger partial charge in [-0.3, -0.25) is 0 Å². The van der Waals surface area contributed by atoms with Crippen LogP contribution in [-0.4, -0.2) is 17.3 Å². The first kappa shape index (κ1) is 14.0. The zero-order valence-corrected chi connectivity index (χ0v) is 11.3. The zero-order chi connectivity index (χ0) is 10.7. The quantitative estimate of drug-likeness (QED) is 0.854. The predicted molar refractivity (Wildman–Crippen MR) is 71.4 cm³/mol. The number of aliphatic hydroxyl groups is 1. The fraction of sp³-hybridized carbons (Fsp3) is 0.667. The molecular weight excluding hydrogens is 242 g/mol. The number of aliphatic hydroxyl groups excluding tert-OH is 1. The summed E-state index contributed by atoms with van der Waals surface area (Å²) in [6.45, 7) is 3.42. The standard InChI is InChI=1S/C12H19NOS.ClH/c1-10-3-8-15-11(10)9-13-12(6-7-14)4-2-5-12;/h3,8,13-14H,2,4-7,9H2,1H3;1H. The third-order valence-corrected chi connectivity index (χ3v) is 4.52. The minimum Gasteiger partial charge on any atom is -0.396 e. The van der Waals surface area contributed by atoms with Crippen LogP contribution in [0.15, 0.2) is 11.4 Å². The number of rotatable bonds is 5. The van der Waals surface area contributed by atoms with Crippen LogP contribution in [0.5, 0.6) is 0 Å². The molecule has 0 aromatic carbocycles. The lowest BCUT2D eigenvalue weighted by atomic mass is 9.74.